The molecule has 0 saturated carbocycles. The van der Waals surface area contributed by atoms with E-state index in [2.05, 4.69) is 51.7 Å². The second-order valence-electron chi connectivity index (χ2n) is 8.06. The summed E-state index contributed by atoms with van der Waals surface area (Å²) in [5.41, 5.74) is 5.39. The van der Waals surface area contributed by atoms with Crippen LogP contribution in [0, 0.1) is 27.7 Å². The van der Waals surface area contributed by atoms with Gasteiger partial charge in [0, 0.05) is 22.7 Å². The summed E-state index contributed by atoms with van der Waals surface area (Å²) < 4.78 is 1.99. The molecule has 0 aliphatic carbocycles. The minimum atomic E-state index is -0.437. The number of benzene rings is 1. The number of rotatable bonds is 7. The van der Waals surface area contributed by atoms with Gasteiger partial charge in [-0.2, -0.15) is 5.10 Å². The van der Waals surface area contributed by atoms with Gasteiger partial charge in [-0.3, -0.25) is 9.48 Å². The van der Waals surface area contributed by atoms with Gasteiger partial charge in [0.1, 0.15) is 23.0 Å². The van der Waals surface area contributed by atoms with Crippen LogP contribution >= 0.6 is 11.3 Å². The first-order valence-electron chi connectivity index (χ1n) is 10.7. The van der Waals surface area contributed by atoms with Crippen molar-refractivity contribution in [3.63, 3.8) is 0 Å². The third kappa shape index (κ3) is 4.36. The SMILES string of the molecule is Cc1nn(Cc2ccccc2)c(C)c1CNC(=O)C(C)Nc1ncnc2sc(C)c(C)c12. The van der Waals surface area contributed by atoms with E-state index in [1.54, 1.807) is 17.7 Å². The third-order valence-corrected chi connectivity index (χ3v) is 6.97. The quantitative estimate of drug-likeness (QED) is 0.441. The lowest BCUT2D eigenvalue weighted by atomic mass is 10.1. The van der Waals surface area contributed by atoms with Crippen molar-refractivity contribution in [2.24, 2.45) is 0 Å². The topological polar surface area (TPSA) is 84.7 Å². The Hall–Kier alpha value is -3.26. The minimum absolute atomic E-state index is 0.0871. The van der Waals surface area contributed by atoms with Crippen LogP contribution in [-0.2, 0) is 17.9 Å². The van der Waals surface area contributed by atoms with Crippen LogP contribution < -0.4 is 10.6 Å². The summed E-state index contributed by atoms with van der Waals surface area (Å²) in [6, 6.07) is 9.81. The summed E-state index contributed by atoms with van der Waals surface area (Å²) in [5, 5.41) is 12.0. The Kier molecular flexibility index (Phi) is 6.23. The molecule has 3 heterocycles. The Bertz CT molecular complexity index is 1260. The number of amides is 1. The predicted octanol–water partition coefficient (Wildman–Crippen LogP) is 4.29. The van der Waals surface area contributed by atoms with E-state index < -0.39 is 6.04 Å². The molecule has 0 fully saturated rings. The lowest BCUT2D eigenvalue weighted by molar-refractivity contribution is -0.121. The van der Waals surface area contributed by atoms with Crippen molar-refractivity contribution in [3.8, 4) is 0 Å². The van der Waals surface area contributed by atoms with E-state index in [4.69, 9.17) is 0 Å². The van der Waals surface area contributed by atoms with Gasteiger partial charge in [0.25, 0.3) is 0 Å². The summed E-state index contributed by atoms with van der Waals surface area (Å²) in [5.74, 6) is 0.610. The number of fused-ring (bicyclic) bond motifs is 1. The maximum Gasteiger partial charge on any atom is 0.242 e. The zero-order valence-electron chi connectivity index (χ0n) is 19.1. The van der Waals surface area contributed by atoms with Crippen molar-refractivity contribution in [1.29, 1.82) is 0 Å². The molecule has 32 heavy (non-hydrogen) atoms. The average molecular weight is 449 g/mol. The molecule has 4 rings (SSSR count). The molecule has 2 N–H and O–H groups in total. The number of carbonyl (C=O) groups excluding carboxylic acids is 1. The molecule has 1 aromatic carbocycles. The monoisotopic (exact) mass is 448 g/mol. The Balaban J connectivity index is 1.43. The molecular weight excluding hydrogens is 420 g/mol. The van der Waals surface area contributed by atoms with Gasteiger partial charge in [-0.15, -0.1) is 11.3 Å². The zero-order valence-corrected chi connectivity index (χ0v) is 19.9. The maximum atomic E-state index is 12.8. The van der Waals surface area contributed by atoms with E-state index in [0.29, 0.717) is 18.9 Å². The molecule has 0 saturated heterocycles. The Morgan fingerprint density at radius 2 is 1.88 bits per heavy atom. The number of aromatic nitrogens is 4. The van der Waals surface area contributed by atoms with Gasteiger partial charge in [0.2, 0.25) is 5.91 Å². The normalized spacial score (nSPS) is 12.2. The van der Waals surface area contributed by atoms with Crippen molar-refractivity contribution in [3.05, 3.63) is 69.6 Å². The van der Waals surface area contributed by atoms with Crippen molar-refractivity contribution >= 4 is 33.3 Å². The van der Waals surface area contributed by atoms with Crippen LogP contribution in [0.15, 0.2) is 36.7 Å². The summed E-state index contributed by atoms with van der Waals surface area (Å²) in [4.78, 5) is 23.7. The van der Waals surface area contributed by atoms with Crippen LogP contribution in [0.4, 0.5) is 5.82 Å². The number of nitrogens with zero attached hydrogens (tertiary/aromatic N) is 4. The van der Waals surface area contributed by atoms with Gasteiger partial charge >= 0.3 is 0 Å². The molecule has 3 aromatic heterocycles. The fourth-order valence-corrected chi connectivity index (χ4v) is 4.79. The van der Waals surface area contributed by atoms with Crippen molar-refractivity contribution in [1.82, 2.24) is 25.1 Å². The molecule has 1 amide bonds. The van der Waals surface area contributed by atoms with E-state index in [-0.39, 0.29) is 5.91 Å². The van der Waals surface area contributed by atoms with Crippen molar-refractivity contribution in [2.75, 3.05) is 5.32 Å². The second kappa shape index (κ2) is 9.08. The predicted molar refractivity (Wildman–Crippen MR) is 129 cm³/mol. The lowest BCUT2D eigenvalue weighted by Gasteiger charge is -2.15. The summed E-state index contributed by atoms with van der Waals surface area (Å²) in [6.07, 6.45) is 1.54. The molecule has 0 aliphatic heterocycles. The Labute approximate surface area is 191 Å². The molecule has 1 atom stereocenters. The fraction of sp³-hybridized carbons (Fsp3) is 0.333. The number of nitrogens with one attached hydrogen (secondary N) is 2. The first-order valence-corrected chi connectivity index (χ1v) is 11.5. The van der Waals surface area contributed by atoms with Gasteiger partial charge in [-0.1, -0.05) is 30.3 Å². The van der Waals surface area contributed by atoms with E-state index in [1.807, 2.05) is 43.7 Å². The van der Waals surface area contributed by atoms with Gasteiger partial charge in [0.05, 0.1) is 17.6 Å². The van der Waals surface area contributed by atoms with Crippen LogP contribution in [0.1, 0.15) is 39.9 Å². The van der Waals surface area contributed by atoms with Gasteiger partial charge in [0.15, 0.2) is 0 Å². The highest BCUT2D eigenvalue weighted by atomic mass is 32.1. The number of aryl methyl sites for hydroxylation is 3. The van der Waals surface area contributed by atoms with Crippen LogP contribution in [0.5, 0.6) is 0 Å². The van der Waals surface area contributed by atoms with Gasteiger partial charge in [-0.05, 0) is 45.7 Å². The fourth-order valence-electron chi connectivity index (χ4n) is 3.79. The molecule has 4 aromatic rings. The van der Waals surface area contributed by atoms with E-state index in [9.17, 15) is 4.79 Å². The smallest absolute Gasteiger partial charge is 0.242 e. The molecule has 7 nitrogen and oxygen atoms in total. The molecule has 0 aliphatic rings. The van der Waals surface area contributed by atoms with Crippen LogP contribution in [-0.4, -0.2) is 31.7 Å². The van der Waals surface area contributed by atoms with E-state index in [0.717, 1.165) is 32.7 Å². The first kappa shape index (κ1) is 22.0. The zero-order chi connectivity index (χ0) is 22.8. The van der Waals surface area contributed by atoms with E-state index in [1.165, 1.54) is 10.4 Å². The molecule has 166 valence electrons. The molecule has 1 unspecified atom stereocenters. The minimum Gasteiger partial charge on any atom is -0.358 e. The highest BCUT2D eigenvalue weighted by molar-refractivity contribution is 7.18. The van der Waals surface area contributed by atoms with E-state index >= 15 is 0 Å². The average Bonchev–Trinajstić information content (AvgIpc) is 3.22. The Morgan fingerprint density at radius 1 is 1.12 bits per heavy atom. The Morgan fingerprint density at radius 3 is 2.62 bits per heavy atom. The molecular formula is C24H28N6OS. The van der Waals surface area contributed by atoms with Crippen molar-refractivity contribution in [2.45, 2.75) is 53.8 Å². The number of hydrogen-bond donors (Lipinski definition) is 2. The van der Waals surface area contributed by atoms with Gasteiger partial charge < -0.3 is 10.6 Å². The highest BCUT2D eigenvalue weighted by Crippen LogP contribution is 2.32. The summed E-state index contributed by atoms with van der Waals surface area (Å²) >= 11 is 1.64. The lowest BCUT2D eigenvalue weighted by Crippen LogP contribution is -2.37. The third-order valence-electron chi connectivity index (χ3n) is 5.86. The standard InChI is InChI=1S/C24H28N6OS/c1-14-18(5)32-24-21(14)22(26-13-27-24)28-16(3)23(31)25-11-20-15(2)29-30(17(20)4)12-19-9-7-6-8-10-19/h6-10,13,16H,11-12H2,1-5H3,(H,25,31)(H,26,27,28). The van der Waals surface area contributed by atoms with Crippen LogP contribution in [0.25, 0.3) is 10.2 Å². The largest absolute Gasteiger partial charge is 0.358 e. The number of hydrogen-bond acceptors (Lipinski definition) is 6. The highest BCUT2D eigenvalue weighted by Gasteiger charge is 2.19. The first-order chi connectivity index (χ1) is 15.3. The summed E-state index contributed by atoms with van der Waals surface area (Å²) in [7, 11) is 0. The molecule has 8 heteroatoms. The molecule has 0 spiro atoms. The van der Waals surface area contributed by atoms with Crippen LogP contribution in [0.3, 0.4) is 0 Å². The van der Waals surface area contributed by atoms with Crippen LogP contribution in [0.2, 0.25) is 0 Å². The maximum absolute atomic E-state index is 12.8. The second-order valence-corrected chi connectivity index (χ2v) is 9.27. The number of carbonyl (C=O) groups is 1. The number of anilines is 1. The van der Waals surface area contributed by atoms with Crippen molar-refractivity contribution < 1.29 is 4.79 Å². The van der Waals surface area contributed by atoms with Gasteiger partial charge in [-0.25, -0.2) is 9.97 Å². The summed E-state index contributed by atoms with van der Waals surface area (Å²) in [6.45, 7) is 11.2. The molecule has 0 bridgehead atoms. The number of thiophene rings is 1. The molecule has 0 radical (unpaired) electrons.